The third-order valence-corrected chi connectivity index (χ3v) is 2.59. The SMILES string of the molecule is Cc1cc(CN)cc(C)c1OCC(=O)N(C)C. The molecule has 0 aliphatic rings. The summed E-state index contributed by atoms with van der Waals surface area (Å²) in [5.74, 6) is 0.726. The maximum Gasteiger partial charge on any atom is 0.259 e. The number of aryl methyl sites for hydroxylation is 2. The van der Waals surface area contributed by atoms with E-state index in [-0.39, 0.29) is 12.5 Å². The van der Waals surface area contributed by atoms with Crippen LogP contribution in [0.2, 0.25) is 0 Å². The van der Waals surface area contributed by atoms with Gasteiger partial charge in [0.15, 0.2) is 6.61 Å². The highest BCUT2D eigenvalue weighted by Gasteiger charge is 2.09. The zero-order valence-corrected chi connectivity index (χ0v) is 10.9. The summed E-state index contributed by atoms with van der Waals surface area (Å²) < 4.78 is 5.56. The molecule has 0 bridgehead atoms. The van der Waals surface area contributed by atoms with Gasteiger partial charge in [0.2, 0.25) is 0 Å². The highest BCUT2D eigenvalue weighted by Crippen LogP contribution is 2.24. The van der Waals surface area contributed by atoms with Crippen molar-refractivity contribution in [3.63, 3.8) is 0 Å². The van der Waals surface area contributed by atoms with Gasteiger partial charge >= 0.3 is 0 Å². The van der Waals surface area contributed by atoms with Crippen LogP contribution in [0.1, 0.15) is 16.7 Å². The summed E-state index contributed by atoms with van der Waals surface area (Å²) in [4.78, 5) is 13.0. The Morgan fingerprint density at radius 3 is 2.24 bits per heavy atom. The standard InChI is InChI=1S/C13H20N2O2/c1-9-5-11(7-14)6-10(2)13(9)17-8-12(16)15(3)4/h5-6H,7-8,14H2,1-4H3. The number of rotatable bonds is 4. The van der Waals surface area contributed by atoms with E-state index in [1.165, 1.54) is 4.90 Å². The Bertz CT molecular complexity index is 391. The molecule has 1 aromatic carbocycles. The number of nitrogens with zero attached hydrogens (tertiary/aromatic N) is 1. The van der Waals surface area contributed by atoms with Crippen LogP contribution in [-0.2, 0) is 11.3 Å². The molecule has 0 atom stereocenters. The summed E-state index contributed by atoms with van der Waals surface area (Å²) in [6.07, 6.45) is 0. The molecule has 0 radical (unpaired) electrons. The molecule has 1 aromatic rings. The van der Waals surface area contributed by atoms with Crippen LogP contribution < -0.4 is 10.5 Å². The lowest BCUT2D eigenvalue weighted by atomic mass is 10.1. The summed E-state index contributed by atoms with van der Waals surface area (Å²) in [6, 6.07) is 3.98. The lowest BCUT2D eigenvalue weighted by Crippen LogP contribution is -2.27. The molecule has 0 aromatic heterocycles. The van der Waals surface area contributed by atoms with Gasteiger partial charge < -0.3 is 15.4 Å². The van der Waals surface area contributed by atoms with Gasteiger partial charge in [0, 0.05) is 20.6 Å². The number of carbonyl (C=O) groups is 1. The minimum Gasteiger partial charge on any atom is -0.483 e. The highest BCUT2D eigenvalue weighted by molar-refractivity contribution is 5.77. The van der Waals surface area contributed by atoms with Crippen LogP contribution in [0.4, 0.5) is 0 Å². The van der Waals surface area contributed by atoms with Crippen molar-refractivity contribution >= 4 is 5.91 Å². The van der Waals surface area contributed by atoms with Crippen LogP contribution in [0.5, 0.6) is 5.75 Å². The predicted molar refractivity (Wildman–Crippen MR) is 68.0 cm³/mol. The van der Waals surface area contributed by atoms with Gasteiger partial charge in [-0.25, -0.2) is 0 Å². The molecule has 0 spiro atoms. The van der Waals surface area contributed by atoms with Crippen molar-refractivity contribution in [2.75, 3.05) is 20.7 Å². The fraction of sp³-hybridized carbons (Fsp3) is 0.462. The average molecular weight is 236 g/mol. The molecule has 94 valence electrons. The predicted octanol–water partition coefficient (Wildman–Crippen LogP) is 1.23. The molecule has 17 heavy (non-hydrogen) atoms. The fourth-order valence-electron chi connectivity index (χ4n) is 1.65. The Labute approximate surface area is 102 Å². The molecule has 1 amide bonds. The van der Waals surface area contributed by atoms with Crippen LogP contribution in [0.25, 0.3) is 0 Å². The number of carbonyl (C=O) groups excluding carboxylic acids is 1. The first kappa shape index (κ1) is 13.5. The van der Waals surface area contributed by atoms with Crippen LogP contribution in [0.15, 0.2) is 12.1 Å². The van der Waals surface area contributed by atoms with E-state index < -0.39 is 0 Å². The van der Waals surface area contributed by atoms with E-state index in [1.807, 2.05) is 26.0 Å². The first-order valence-corrected chi connectivity index (χ1v) is 5.59. The molecular formula is C13H20N2O2. The van der Waals surface area contributed by atoms with E-state index in [2.05, 4.69) is 0 Å². The smallest absolute Gasteiger partial charge is 0.259 e. The third-order valence-electron chi connectivity index (χ3n) is 2.59. The van der Waals surface area contributed by atoms with Gasteiger partial charge in [-0.15, -0.1) is 0 Å². The molecule has 2 N–H and O–H groups in total. The van der Waals surface area contributed by atoms with Crippen molar-refractivity contribution in [2.45, 2.75) is 20.4 Å². The summed E-state index contributed by atoms with van der Waals surface area (Å²) in [7, 11) is 3.42. The largest absolute Gasteiger partial charge is 0.483 e. The van der Waals surface area contributed by atoms with Gasteiger partial charge in [0.1, 0.15) is 5.75 Å². The summed E-state index contributed by atoms with van der Waals surface area (Å²) in [5, 5.41) is 0. The van der Waals surface area contributed by atoms with Crippen LogP contribution in [-0.4, -0.2) is 31.5 Å². The van der Waals surface area contributed by atoms with Crippen molar-refractivity contribution in [3.8, 4) is 5.75 Å². The maximum absolute atomic E-state index is 11.4. The van der Waals surface area contributed by atoms with E-state index in [9.17, 15) is 4.79 Å². The normalized spacial score (nSPS) is 10.2. The van der Waals surface area contributed by atoms with Crippen LogP contribution in [0.3, 0.4) is 0 Å². The van der Waals surface area contributed by atoms with Crippen molar-refractivity contribution in [2.24, 2.45) is 5.73 Å². The molecule has 0 unspecified atom stereocenters. The second kappa shape index (κ2) is 5.68. The first-order valence-electron chi connectivity index (χ1n) is 5.59. The van der Waals surface area contributed by atoms with Gasteiger partial charge in [-0.2, -0.15) is 0 Å². The second-order valence-electron chi connectivity index (χ2n) is 4.34. The number of hydrogen-bond acceptors (Lipinski definition) is 3. The van der Waals surface area contributed by atoms with Crippen molar-refractivity contribution in [3.05, 3.63) is 28.8 Å². The molecule has 0 aliphatic heterocycles. The van der Waals surface area contributed by atoms with E-state index >= 15 is 0 Å². The Morgan fingerprint density at radius 2 is 1.82 bits per heavy atom. The number of nitrogens with two attached hydrogens (primary N) is 1. The van der Waals surface area contributed by atoms with Crippen molar-refractivity contribution in [1.29, 1.82) is 0 Å². The Hall–Kier alpha value is -1.55. The summed E-state index contributed by atoms with van der Waals surface area (Å²) >= 11 is 0. The van der Waals surface area contributed by atoms with E-state index in [4.69, 9.17) is 10.5 Å². The zero-order valence-electron chi connectivity index (χ0n) is 10.9. The van der Waals surface area contributed by atoms with Gasteiger partial charge in [-0.1, -0.05) is 12.1 Å². The molecular weight excluding hydrogens is 216 g/mol. The molecule has 4 heteroatoms. The van der Waals surface area contributed by atoms with E-state index in [0.29, 0.717) is 6.54 Å². The first-order chi connectivity index (χ1) is 7.95. The number of hydrogen-bond donors (Lipinski definition) is 1. The molecule has 0 heterocycles. The second-order valence-corrected chi connectivity index (χ2v) is 4.34. The number of benzene rings is 1. The van der Waals surface area contributed by atoms with E-state index in [0.717, 1.165) is 22.4 Å². The van der Waals surface area contributed by atoms with E-state index in [1.54, 1.807) is 14.1 Å². The summed E-state index contributed by atoms with van der Waals surface area (Å²) in [6.45, 7) is 4.50. The van der Waals surface area contributed by atoms with Crippen molar-refractivity contribution in [1.82, 2.24) is 4.90 Å². The Balaban J connectivity index is 2.81. The minimum absolute atomic E-state index is 0.0494. The average Bonchev–Trinajstić information content (AvgIpc) is 2.27. The molecule has 0 saturated carbocycles. The van der Waals surface area contributed by atoms with Gasteiger partial charge in [0.05, 0.1) is 0 Å². The third kappa shape index (κ3) is 3.46. The summed E-state index contributed by atoms with van der Waals surface area (Å²) in [5.41, 5.74) is 8.70. The molecule has 0 saturated heterocycles. The maximum atomic E-state index is 11.4. The monoisotopic (exact) mass is 236 g/mol. The molecule has 0 fully saturated rings. The lowest BCUT2D eigenvalue weighted by Gasteiger charge is -2.15. The van der Waals surface area contributed by atoms with Gasteiger partial charge in [-0.05, 0) is 30.5 Å². The fourth-order valence-corrected chi connectivity index (χ4v) is 1.65. The Morgan fingerprint density at radius 1 is 1.29 bits per heavy atom. The van der Waals surface area contributed by atoms with Crippen LogP contribution >= 0.6 is 0 Å². The number of ether oxygens (including phenoxy) is 1. The topological polar surface area (TPSA) is 55.6 Å². The van der Waals surface area contributed by atoms with Gasteiger partial charge in [0.25, 0.3) is 5.91 Å². The highest BCUT2D eigenvalue weighted by atomic mass is 16.5. The molecule has 1 rings (SSSR count). The number of amides is 1. The zero-order chi connectivity index (χ0) is 13.0. The number of likely N-dealkylation sites (N-methyl/N-ethyl adjacent to an activating group) is 1. The van der Waals surface area contributed by atoms with Gasteiger partial charge in [-0.3, -0.25) is 4.79 Å². The molecule has 0 aliphatic carbocycles. The quantitative estimate of drug-likeness (QED) is 0.855. The Kier molecular flexibility index (Phi) is 4.52. The molecule has 4 nitrogen and oxygen atoms in total. The lowest BCUT2D eigenvalue weighted by molar-refractivity contribution is -0.130. The van der Waals surface area contributed by atoms with Crippen molar-refractivity contribution < 1.29 is 9.53 Å². The minimum atomic E-state index is -0.0494. The van der Waals surface area contributed by atoms with Crippen LogP contribution in [0, 0.1) is 13.8 Å².